The molecule has 0 unspecified atom stereocenters. The highest BCUT2D eigenvalue weighted by molar-refractivity contribution is 7.16. The molecule has 0 radical (unpaired) electrons. The Balaban J connectivity index is 1.37. The number of nitrogens with one attached hydrogen (secondary N) is 2. The number of hydrogen-bond acceptors (Lipinski definition) is 5. The summed E-state index contributed by atoms with van der Waals surface area (Å²) in [6.45, 7) is 2.61. The standard InChI is InChI=1S/C24H22N4O3S/c1-16-13-19(31-2)7-8-20(16)27-24(30)22-10-9-21(32-22)23(29)26-18-5-3-17(4-6-18)14-28-12-11-25-15-28/h3-13,15H,14H2,1-2H3,(H,26,29)(H,27,30). The van der Waals surface area contributed by atoms with Crippen molar-refractivity contribution < 1.29 is 14.3 Å². The second-order valence-corrected chi connectivity index (χ2v) is 8.27. The third kappa shape index (κ3) is 5.04. The Morgan fingerprint density at radius 3 is 2.34 bits per heavy atom. The van der Waals surface area contributed by atoms with Crippen LogP contribution in [0.1, 0.15) is 30.5 Å². The van der Waals surface area contributed by atoms with Gasteiger partial charge in [-0.2, -0.15) is 0 Å². The van der Waals surface area contributed by atoms with Gasteiger partial charge in [0.15, 0.2) is 0 Å². The summed E-state index contributed by atoms with van der Waals surface area (Å²) >= 11 is 1.15. The summed E-state index contributed by atoms with van der Waals surface area (Å²) in [6, 6.07) is 16.4. The van der Waals surface area contributed by atoms with E-state index >= 15 is 0 Å². The van der Waals surface area contributed by atoms with Gasteiger partial charge in [0.2, 0.25) is 0 Å². The van der Waals surface area contributed by atoms with Crippen molar-refractivity contribution in [1.82, 2.24) is 9.55 Å². The summed E-state index contributed by atoms with van der Waals surface area (Å²) < 4.78 is 7.16. The molecule has 0 saturated heterocycles. The van der Waals surface area contributed by atoms with E-state index in [1.807, 2.05) is 48.0 Å². The summed E-state index contributed by atoms with van der Waals surface area (Å²) in [5.74, 6) is 0.216. The monoisotopic (exact) mass is 446 g/mol. The van der Waals surface area contributed by atoms with E-state index < -0.39 is 0 Å². The number of carbonyl (C=O) groups excluding carboxylic acids is 2. The number of amides is 2. The van der Waals surface area contributed by atoms with E-state index in [2.05, 4.69) is 15.6 Å². The lowest BCUT2D eigenvalue weighted by Gasteiger charge is -2.09. The molecule has 0 atom stereocenters. The van der Waals surface area contributed by atoms with Crippen LogP contribution >= 0.6 is 11.3 Å². The van der Waals surface area contributed by atoms with E-state index in [1.165, 1.54) is 0 Å². The maximum Gasteiger partial charge on any atom is 0.265 e. The van der Waals surface area contributed by atoms with E-state index in [-0.39, 0.29) is 11.8 Å². The molecular weight excluding hydrogens is 424 g/mol. The molecule has 0 bridgehead atoms. The minimum atomic E-state index is -0.258. The lowest BCUT2D eigenvalue weighted by Crippen LogP contribution is -2.12. The number of aryl methyl sites for hydroxylation is 1. The fraction of sp³-hybridized carbons (Fsp3) is 0.125. The quantitative estimate of drug-likeness (QED) is 0.426. The van der Waals surface area contributed by atoms with Crippen LogP contribution in [0.15, 0.2) is 73.3 Å². The maximum absolute atomic E-state index is 12.6. The van der Waals surface area contributed by atoms with Gasteiger partial charge >= 0.3 is 0 Å². The van der Waals surface area contributed by atoms with Crippen molar-refractivity contribution in [2.75, 3.05) is 17.7 Å². The molecule has 0 aliphatic heterocycles. The fourth-order valence-electron chi connectivity index (χ4n) is 3.15. The molecule has 0 spiro atoms. The molecule has 162 valence electrons. The van der Waals surface area contributed by atoms with Crippen molar-refractivity contribution in [3.8, 4) is 5.75 Å². The summed E-state index contributed by atoms with van der Waals surface area (Å²) in [5.41, 5.74) is 3.39. The number of benzene rings is 2. The van der Waals surface area contributed by atoms with Crippen LogP contribution in [0.2, 0.25) is 0 Å². The van der Waals surface area contributed by atoms with Gasteiger partial charge in [0.1, 0.15) is 5.75 Å². The summed E-state index contributed by atoms with van der Waals surface area (Å²) in [6.07, 6.45) is 5.40. The average Bonchev–Trinajstić information content (AvgIpc) is 3.49. The van der Waals surface area contributed by atoms with Gasteiger partial charge in [0.05, 0.1) is 23.2 Å². The molecule has 7 nitrogen and oxygen atoms in total. The third-order valence-corrected chi connectivity index (χ3v) is 5.95. The minimum absolute atomic E-state index is 0.253. The predicted molar refractivity (Wildman–Crippen MR) is 126 cm³/mol. The van der Waals surface area contributed by atoms with E-state index in [0.717, 1.165) is 28.2 Å². The van der Waals surface area contributed by atoms with Gasteiger partial charge < -0.3 is 19.9 Å². The van der Waals surface area contributed by atoms with Gasteiger partial charge in [-0.05, 0) is 60.5 Å². The number of methoxy groups -OCH3 is 1. The Morgan fingerprint density at radius 1 is 1.00 bits per heavy atom. The topological polar surface area (TPSA) is 85.2 Å². The molecule has 0 saturated carbocycles. The number of anilines is 2. The SMILES string of the molecule is COc1ccc(NC(=O)c2ccc(C(=O)Nc3ccc(Cn4ccnc4)cc3)s2)c(C)c1. The van der Waals surface area contributed by atoms with Gasteiger partial charge in [0.25, 0.3) is 11.8 Å². The van der Waals surface area contributed by atoms with Gasteiger partial charge in [-0.25, -0.2) is 4.98 Å². The smallest absolute Gasteiger partial charge is 0.265 e. The van der Waals surface area contributed by atoms with Gasteiger partial charge in [-0.3, -0.25) is 9.59 Å². The van der Waals surface area contributed by atoms with Gasteiger partial charge in [-0.1, -0.05) is 12.1 Å². The Kier molecular flexibility index (Phi) is 6.32. The molecule has 0 fully saturated rings. The number of imidazole rings is 1. The van der Waals surface area contributed by atoms with Crippen LogP contribution in [-0.2, 0) is 6.54 Å². The minimum Gasteiger partial charge on any atom is -0.497 e. The summed E-state index contributed by atoms with van der Waals surface area (Å²) in [7, 11) is 1.60. The molecular formula is C24H22N4O3S. The van der Waals surface area contributed by atoms with E-state index in [0.29, 0.717) is 27.7 Å². The highest BCUT2D eigenvalue weighted by Gasteiger charge is 2.15. The van der Waals surface area contributed by atoms with E-state index in [9.17, 15) is 9.59 Å². The van der Waals surface area contributed by atoms with Crippen LogP contribution in [0.5, 0.6) is 5.75 Å². The first-order valence-electron chi connectivity index (χ1n) is 9.93. The molecule has 2 aromatic carbocycles. The second kappa shape index (κ2) is 9.49. The zero-order chi connectivity index (χ0) is 22.5. The highest BCUT2D eigenvalue weighted by Crippen LogP contribution is 2.24. The van der Waals surface area contributed by atoms with Gasteiger partial charge in [0, 0.05) is 30.3 Å². The molecule has 0 aliphatic carbocycles. The Labute approximate surface area is 189 Å². The number of rotatable bonds is 7. The van der Waals surface area contributed by atoms with Crippen molar-refractivity contribution >= 4 is 34.5 Å². The largest absolute Gasteiger partial charge is 0.497 e. The second-order valence-electron chi connectivity index (χ2n) is 7.18. The first kappa shape index (κ1) is 21.3. The van der Waals surface area contributed by atoms with Crippen LogP contribution in [0.4, 0.5) is 11.4 Å². The lowest BCUT2D eigenvalue weighted by molar-refractivity contribution is 0.102. The summed E-state index contributed by atoms with van der Waals surface area (Å²) in [4.78, 5) is 30.2. The van der Waals surface area contributed by atoms with Crippen LogP contribution < -0.4 is 15.4 Å². The number of thiophene rings is 1. The van der Waals surface area contributed by atoms with Crippen LogP contribution in [0.3, 0.4) is 0 Å². The molecule has 0 aliphatic rings. The lowest BCUT2D eigenvalue weighted by atomic mass is 10.2. The number of hydrogen-bond donors (Lipinski definition) is 2. The summed E-state index contributed by atoms with van der Waals surface area (Å²) in [5, 5.41) is 5.76. The first-order chi connectivity index (χ1) is 15.5. The Morgan fingerprint density at radius 2 is 1.72 bits per heavy atom. The number of ether oxygens (including phenoxy) is 1. The van der Waals surface area contributed by atoms with Crippen LogP contribution in [-0.4, -0.2) is 28.5 Å². The zero-order valence-electron chi connectivity index (χ0n) is 17.7. The fourth-order valence-corrected chi connectivity index (χ4v) is 3.94. The van der Waals surface area contributed by atoms with E-state index in [1.54, 1.807) is 43.9 Å². The highest BCUT2D eigenvalue weighted by atomic mass is 32.1. The normalized spacial score (nSPS) is 10.6. The van der Waals surface area contributed by atoms with Crippen LogP contribution in [0, 0.1) is 6.92 Å². The van der Waals surface area contributed by atoms with Crippen molar-refractivity contribution in [2.24, 2.45) is 0 Å². The predicted octanol–water partition coefficient (Wildman–Crippen LogP) is 4.81. The number of carbonyl (C=O) groups is 2. The number of nitrogens with zero attached hydrogens (tertiary/aromatic N) is 2. The maximum atomic E-state index is 12.6. The zero-order valence-corrected chi connectivity index (χ0v) is 18.5. The van der Waals surface area contributed by atoms with Crippen LogP contribution in [0.25, 0.3) is 0 Å². The van der Waals surface area contributed by atoms with E-state index in [4.69, 9.17) is 4.74 Å². The average molecular weight is 447 g/mol. The molecule has 4 aromatic rings. The van der Waals surface area contributed by atoms with Gasteiger partial charge in [-0.15, -0.1) is 11.3 Å². The molecule has 2 N–H and O–H groups in total. The van der Waals surface area contributed by atoms with Crippen molar-refractivity contribution in [1.29, 1.82) is 0 Å². The van der Waals surface area contributed by atoms with Crippen molar-refractivity contribution in [2.45, 2.75) is 13.5 Å². The van der Waals surface area contributed by atoms with Crippen molar-refractivity contribution in [3.05, 3.63) is 94.2 Å². The molecule has 2 aromatic heterocycles. The Hall–Kier alpha value is -3.91. The molecule has 2 heterocycles. The third-order valence-electron chi connectivity index (χ3n) is 4.87. The molecule has 8 heteroatoms. The number of aromatic nitrogens is 2. The Bertz CT molecular complexity index is 1230. The van der Waals surface area contributed by atoms with Crippen molar-refractivity contribution in [3.63, 3.8) is 0 Å². The molecule has 4 rings (SSSR count). The first-order valence-corrected chi connectivity index (χ1v) is 10.8. The molecule has 2 amide bonds. The molecule has 32 heavy (non-hydrogen) atoms.